The van der Waals surface area contributed by atoms with Crippen molar-refractivity contribution in [1.29, 1.82) is 0 Å². The van der Waals surface area contributed by atoms with Crippen LogP contribution in [-0.2, 0) is 14.3 Å². The molecule has 0 aromatic heterocycles. The molecule has 28 heavy (non-hydrogen) atoms. The lowest BCUT2D eigenvalue weighted by Gasteiger charge is -2.41. The summed E-state index contributed by atoms with van der Waals surface area (Å²) in [6.45, 7) is 0. The number of hydrogen-bond donors (Lipinski definition) is 0. The van der Waals surface area contributed by atoms with E-state index in [0.29, 0.717) is 18.1 Å². The standard InChI is InChI=1S/C25H24O3/c26-21-14-19-13-20-15-24(19,16-21)11-12-25(20)27-22(17-7-3-1-4-8-17)23(28-25)18-9-5-2-6-10-18/h1-10,14,20,22-23H,11-13,15-16H2/t20-,22+,23+,24-/m0/s1. The van der Waals surface area contributed by atoms with Crippen LogP contribution in [-0.4, -0.2) is 11.6 Å². The lowest BCUT2D eigenvalue weighted by molar-refractivity contribution is -0.230. The molecule has 4 atom stereocenters. The largest absolute Gasteiger partial charge is 0.339 e. The van der Waals surface area contributed by atoms with E-state index >= 15 is 0 Å². The number of ether oxygens (including phenoxy) is 2. The molecule has 2 saturated carbocycles. The Balaban J connectivity index is 1.38. The minimum absolute atomic E-state index is 0.103. The zero-order valence-electron chi connectivity index (χ0n) is 15.8. The number of benzene rings is 2. The van der Waals surface area contributed by atoms with Crippen molar-refractivity contribution in [2.75, 3.05) is 0 Å². The summed E-state index contributed by atoms with van der Waals surface area (Å²) < 4.78 is 13.7. The second-order valence-corrected chi connectivity index (χ2v) is 8.91. The number of carbonyl (C=O) groups excluding carboxylic acids is 1. The van der Waals surface area contributed by atoms with E-state index < -0.39 is 5.79 Å². The van der Waals surface area contributed by atoms with E-state index in [4.69, 9.17) is 9.47 Å². The summed E-state index contributed by atoms with van der Waals surface area (Å²) >= 11 is 0. The zero-order chi connectivity index (χ0) is 18.8. The first-order valence-electron chi connectivity index (χ1n) is 10.4. The fraction of sp³-hybridized carbons (Fsp3) is 0.400. The molecular formula is C25H24O3. The van der Waals surface area contributed by atoms with Crippen molar-refractivity contribution < 1.29 is 14.3 Å². The molecule has 1 saturated heterocycles. The molecule has 1 heterocycles. The Morgan fingerprint density at radius 1 is 0.821 bits per heavy atom. The summed E-state index contributed by atoms with van der Waals surface area (Å²) in [5.74, 6) is 0.100. The van der Waals surface area contributed by atoms with Gasteiger partial charge in [-0.1, -0.05) is 66.2 Å². The Morgan fingerprint density at radius 3 is 2.04 bits per heavy atom. The topological polar surface area (TPSA) is 35.5 Å². The second-order valence-electron chi connectivity index (χ2n) is 8.91. The highest BCUT2D eigenvalue weighted by Crippen LogP contribution is 2.66. The van der Waals surface area contributed by atoms with Crippen LogP contribution in [0.2, 0.25) is 0 Å². The van der Waals surface area contributed by atoms with Crippen LogP contribution in [0.3, 0.4) is 0 Å². The number of rotatable bonds is 2. The minimum Gasteiger partial charge on any atom is -0.339 e. The molecule has 3 fully saturated rings. The third-order valence-corrected chi connectivity index (χ3v) is 7.39. The Morgan fingerprint density at radius 2 is 1.43 bits per heavy atom. The third-order valence-electron chi connectivity index (χ3n) is 7.39. The van der Waals surface area contributed by atoms with Crippen LogP contribution in [0.15, 0.2) is 72.3 Å². The number of carbonyl (C=O) groups is 1. The molecule has 142 valence electrons. The quantitative estimate of drug-likeness (QED) is 0.717. The molecule has 3 nitrogen and oxygen atoms in total. The van der Waals surface area contributed by atoms with Gasteiger partial charge in [-0.15, -0.1) is 0 Å². The predicted octanol–water partition coefficient (Wildman–Crippen LogP) is 5.30. The fourth-order valence-electron chi connectivity index (χ4n) is 6.08. The molecule has 4 aliphatic rings. The van der Waals surface area contributed by atoms with Crippen molar-refractivity contribution in [1.82, 2.24) is 0 Å². The fourth-order valence-corrected chi connectivity index (χ4v) is 6.08. The second kappa shape index (κ2) is 5.88. The van der Waals surface area contributed by atoms with E-state index in [1.54, 1.807) is 0 Å². The van der Waals surface area contributed by atoms with Gasteiger partial charge in [-0.05, 0) is 41.9 Å². The maximum absolute atomic E-state index is 12.0. The number of ketones is 1. The van der Waals surface area contributed by atoms with Crippen LogP contribution in [0.25, 0.3) is 0 Å². The van der Waals surface area contributed by atoms with Gasteiger partial charge in [0.25, 0.3) is 0 Å². The maximum atomic E-state index is 12.0. The number of allylic oxidation sites excluding steroid dienone is 2. The van der Waals surface area contributed by atoms with Crippen LogP contribution in [0.1, 0.15) is 55.4 Å². The van der Waals surface area contributed by atoms with Gasteiger partial charge in [0.15, 0.2) is 11.6 Å². The smallest absolute Gasteiger partial charge is 0.173 e. The number of fused-ring (bicyclic) bond motifs is 2. The Bertz CT molecular complexity index is 901. The Hall–Kier alpha value is -2.23. The van der Waals surface area contributed by atoms with Crippen molar-refractivity contribution in [3.63, 3.8) is 0 Å². The summed E-state index contributed by atoms with van der Waals surface area (Å²) in [7, 11) is 0. The summed E-state index contributed by atoms with van der Waals surface area (Å²) in [4.78, 5) is 12.0. The van der Waals surface area contributed by atoms with E-state index in [9.17, 15) is 4.79 Å². The molecule has 2 bridgehead atoms. The zero-order valence-corrected chi connectivity index (χ0v) is 15.8. The highest BCUT2D eigenvalue weighted by Gasteiger charge is 2.63. The van der Waals surface area contributed by atoms with Crippen LogP contribution in [0.4, 0.5) is 0 Å². The van der Waals surface area contributed by atoms with Crippen molar-refractivity contribution in [3.8, 4) is 0 Å². The normalized spacial score (nSPS) is 35.2. The molecule has 3 heteroatoms. The Labute approximate surface area is 165 Å². The van der Waals surface area contributed by atoms with Crippen LogP contribution < -0.4 is 0 Å². The molecule has 1 aliphatic heterocycles. The monoisotopic (exact) mass is 372 g/mol. The molecule has 2 aromatic rings. The highest BCUT2D eigenvalue weighted by molar-refractivity contribution is 5.94. The maximum Gasteiger partial charge on any atom is 0.173 e. The molecule has 2 spiro atoms. The van der Waals surface area contributed by atoms with E-state index in [2.05, 4.69) is 48.5 Å². The molecule has 6 rings (SSSR count). The molecular weight excluding hydrogens is 348 g/mol. The van der Waals surface area contributed by atoms with Gasteiger partial charge in [0.2, 0.25) is 0 Å². The average molecular weight is 372 g/mol. The van der Waals surface area contributed by atoms with Gasteiger partial charge >= 0.3 is 0 Å². The van der Waals surface area contributed by atoms with Gasteiger partial charge in [0.05, 0.1) is 0 Å². The molecule has 0 N–H and O–H groups in total. The van der Waals surface area contributed by atoms with Gasteiger partial charge in [-0.3, -0.25) is 4.79 Å². The minimum atomic E-state index is -0.541. The third kappa shape index (κ3) is 2.33. The van der Waals surface area contributed by atoms with E-state index in [0.717, 1.165) is 25.7 Å². The molecule has 0 unspecified atom stereocenters. The number of hydrogen-bond acceptors (Lipinski definition) is 3. The lowest BCUT2D eigenvalue weighted by Crippen LogP contribution is -2.43. The first-order chi connectivity index (χ1) is 13.7. The summed E-state index contributed by atoms with van der Waals surface area (Å²) in [6, 6.07) is 20.9. The van der Waals surface area contributed by atoms with Crippen LogP contribution in [0, 0.1) is 11.3 Å². The SMILES string of the molecule is O=C1C=C2C[C@H]3C[C@@]2(CCC32O[C@H](c3ccccc3)[C@@H](c3ccccc3)O2)C1. The van der Waals surface area contributed by atoms with E-state index in [1.807, 2.05) is 18.2 Å². The van der Waals surface area contributed by atoms with Crippen LogP contribution in [0.5, 0.6) is 0 Å². The van der Waals surface area contributed by atoms with Crippen molar-refractivity contribution in [2.45, 2.75) is 50.1 Å². The summed E-state index contributed by atoms with van der Waals surface area (Å²) in [5, 5.41) is 0. The van der Waals surface area contributed by atoms with Gasteiger partial charge in [0, 0.05) is 18.8 Å². The van der Waals surface area contributed by atoms with E-state index in [1.165, 1.54) is 16.7 Å². The van der Waals surface area contributed by atoms with Gasteiger partial charge < -0.3 is 9.47 Å². The summed E-state index contributed by atoms with van der Waals surface area (Å²) in [6.07, 6.45) is 6.22. The van der Waals surface area contributed by atoms with Crippen LogP contribution >= 0.6 is 0 Å². The summed E-state index contributed by atoms with van der Waals surface area (Å²) in [5.41, 5.74) is 3.79. The first-order valence-corrected chi connectivity index (χ1v) is 10.4. The Kier molecular flexibility index (Phi) is 3.51. The van der Waals surface area contributed by atoms with Crippen molar-refractivity contribution in [3.05, 3.63) is 83.4 Å². The molecule has 2 aromatic carbocycles. The van der Waals surface area contributed by atoms with Gasteiger partial charge in [-0.2, -0.15) is 0 Å². The molecule has 0 amide bonds. The van der Waals surface area contributed by atoms with Gasteiger partial charge in [0.1, 0.15) is 12.2 Å². The van der Waals surface area contributed by atoms with Crippen molar-refractivity contribution >= 4 is 5.78 Å². The highest BCUT2D eigenvalue weighted by atomic mass is 16.8. The lowest BCUT2D eigenvalue weighted by atomic mass is 9.71. The molecule has 0 radical (unpaired) electrons. The van der Waals surface area contributed by atoms with E-state index in [-0.39, 0.29) is 17.6 Å². The molecule has 3 aliphatic carbocycles. The van der Waals surface area contributed by atoms with Crippen molar-refractivity contribution in [2.24, 2.45) is 11.3 Å². The van der Waals surface area contributed by atoms with Gasteiger partial charge in [-0.25, -0.2) is 0 Å². The predicted molar refractivity (Wildman–Crippen MR) is 105 cm³/mol. The first kappa shape index (κ1) is 16.7. The average Bonchev–Trinajstić information content (AvgIpc) is 3.34.